The Morgan fingerprint density at radius 1 is 1.17 bits per heavy atom. The molecule has 1 N–H and O–H groups in total. The standard InChI is InChI=1S/C12H21NO5/c1-5-6-15-7-8-16-9-10-17-13-11(14)18-12(2,3)4/h1H,6-10H2,2-4H3,(H,13,14). The van der Waals surface area contributed by atoms with E-state index in [4.69, 9.17) is 25.5 Å². The highest BCUT2D eigenvalue weighted by Gasteiger charge is 2.15. The van der Waals surface area contributed by atoms with Crippen LogP contribution in [0.4, 0.5) is 4.79 Å². The van der Waals surface area contributed by atoms with Crippen molar-refractivity contribution in [2.75, 3.05) is 33.0 Å². The van der Waals surface area contributed by atoms with Crippen molar-refractivity contribution in [1.82, 2.24) is 5.48 Å². The van der Waals surface area contributed by atoms with Gasteiger partial charge in [0.1, 0.15) is 12.2 Å². The molecular weight excluding hydrogens is 238 g/mol. The minimum atomic E-state index is -0.625. The maximum absolute atomic E-state index is 11.1. The number of amides is 1. The van der Waals surface area contributed by atoms with E-state index in [9.17, 15) is 4.79 Å². The van der Waals surface area contributed by atoms with Gasteiger partial charge in [0, 0.05) is 0 Å². The van der Waals surface area contributed by atoms with Gasteiger partial charge >= 0.3 is 6.09 Å². The van der Waals surface area contributed by atoms with Crippen molar-refractivity contribution in [3.63, 3.8) is 0 Å². The van der Waals surface area contributed by atoms with E-state index in [0.29, 0.717) is 19.8 Å². The summed E-state index contributed by atoms with van der Waals surface area (Å²) in [6, 6.07) is 0. The molecule has 0 spiro atoms. The highest BCUT2D eigenvalue weighted by Crippen LogP contribution is 2.06. The zero-order chi connectivity index (χ0) is 13.9. The topological polar surface area (TPSA) is 66.0 Å². The van der Waals surface area contributed by atoms with E-state index < -0.39 is 11.7 Å². The molecule has 6 heteroatoms. The predicted octanol–water partition coefficient (Wildman–Crippen LogP) is 1.11. The maximum atomic E-state index is 11.1. The van der Waals surface area contributed by atoms with E-state index in [1.54, 1.807) is 20.8 Å². The van der Waals surface area contributed by atoms with Crippen molar-refractivity contribution in [2.45, 2.75) is 26.4 Å². The fourth-order valence-corrected chi connectivity index (χ4v) is 0.860. The lowest BCUT2D eigenvalue weighted by molar-refractivity contribution is -0.0315. The zero-order valence-corrected chi connectivity index (χ0v) is 11.2. The van der Waals surface area contributed by atoms with Gasteiger partial charge in [-0.1, -0.05) is 5.92 Å². The number of hydroxylamine groups is 1. The van der Waals surface area contributed by atoms with Gasteiger partial charge in [-0.3, -0.25) is 4.84 Å². The third kappa shape index (κ3) is 12.8. The molecule has 0 fully saturated rings. The lowest BCUT2D eigenvalue weighted by atomic mass is 10.2. The third-order valence-corrected chi connectivity index (χ3v) is 1.44. The summed E-state index contributed by atoms with van der Waals surface area (Å²) < 4.78 is 15.1. The summed E-state index contributed by atoms with van der Waals surface area (Å²) in [6.07, 6.45) is 4.37. The first-order valence-electron chi connectivity index (χ1n) is 5.65. The quantitative estimate of drug-likeness (QED) is 0.402. The van der Waals surface area contributed by atoms with Crippen LogP contribution in [0.15, 0.2) is 0 Å². The van der Waals surface area contributed by atoms with Crippen LogP contribution in [-0.2, 0) is 19.0 Å². The molecule has 0 aliphatic heterocycles. The molecular formula is C12H21NO5. The normalized spacial score (nSPS) is 10.8. The van der Waals surface area contributed by atoms with Gasteiger partial charge in [-0.25, -0.2) is 4.79 Å². The van der Waals surface area contributed by atoms with Gasteiger partial charge in [0.25, 0.3) is 0 Å². The molecule has 0 aliphatic rings. The number of nitrogens with one attached hydrogen (secondary N) is 1. The third-order valence-electron chi connectivity index (χ3n) is 1.44. The van der Waals surface area contributed by atoms with Crippen LogP contribution in [-0.4, -0.2) is 44.7 Å². The van der Waals surface area contributed by atoms with Gasteiger partial charge < -0.3 is 14.2 Å². The van der Waals surface area contributed by atoms with Crippen molar-refractivity contribution < 1.29 is 23.8 Å². The Balaban J connectivity index is 3.26. The van der Waals surface area contributed by atoms with Crippen LogP contribution in [0.25, 0.3) is 0 Å². The van der Waals surface area contributed by atoms with Crippen molar-refractivity contribution in [2.24, 2.45) is 0 Å². The average Bonchev–Trinajstić information content (AvgIpc) is 2.24. The Morgan fingerprint density at radius 3 is 2.39 bits per heavy atom. The monoisotopic (exact) mass is 259 g/mol. The van der Waals surface area contributed by atoms with E-state index in [-0.39, 0.29) is 13.2 Å². The SMILES string of the molecule is C#CCOCCOCCONC(=O)OC(C)(C)C. The average molecular weight is 259 g/mol. The molecule has 0 rings (SSSR count). The second-order valence-electron chi connectivity index (χ2n) is 4.32. The molecule has 0 bridgehead atoms. The Kier molecular flexibility index (Phi) is 9.01. The number of carbonyl (C=O) groups is 1. The van der Waals surface area contributed by atoms with Crippen LogP contribution in [0.5, 0.6) is 0 Å². The van der Waals surface area contributed by atoms with Crippen LogP contribution in [0.2, 0.25) is 0 Å². The van der Waals surface area contributed by atoms with E-state index in [0.717, 1.165) is 0 Å². The fourth-order valence-electron chi connectivity index (χ4n) is 0.860. The molecule has 104 valence electrons. The van der Waals surface area contributed by atoms with Gasteiger partial charge in [-0.05, 0) is 20.8 Å². The van der Waals surface area contributed by atoms with Gasteiger partial charge in [0.05, 0.1) is 26.4 Å². The maximum Gasteiger partial charge on any atom is 0.431 e. The Labute approximate surface area is 108 Å². The van der Waals surface area contributed by atoms with Gasteiger partial charge in [-0.15, -0.1) is 6.42 Å². The highest BCUT2D eigenvalue weighted by atomic mass is 16.7. The molecule has 0 aromatic heterocycles. The number of carbonyl (C=O) groups excluding carboxylic acids is 1. The smallest absolute Gasteiger partial charge is 0.431 e. The van der Waals surface area contributed by atoms with Crippen molar-refractivity contribution >= 4 is 6.09 Å². The molecule has 18 heavy (non-hydrogen) atoms. The summed E-state index contributed by atoms with van der Waals surface area (Å²) in [5.41, 5.74) is 1.61. The highest BCUT2D eigenvalue weighted by molar-refractivity contribution is 5.66. The largest absolute Gasteiger partial charge is 0.442 e. The van der Waals surface area contributed by atoms with E-state index in [2.05, 4.69) is 11.4 Å². The Hall–Kier alpha value is -1.29. The molecule has 0 aromatic rings. The number of rotatable bonds is 8. The summed E-state index contributed by atoms with van der Waals surface area (Å²) in [7, 11) is 0. The molecule has 0 atom stereocenters. The summed E-state index contributed by atoms with van der Waals surface area (Å²) in [5.74, 6) is 2.35. The number of terminal acetylenes is 1. The second kappa shape index (κ2) is 9.71. The first kappa shape index (κ1) is 16.7. The molecule has 0 aromatic carbocycles. The zero-order valence-electron chi connectivity index (χ0n) is 11.2. The second-order valence-corrected chi connectivity index (χ2v) is 4.32. The van der Waals surface area contributed by atoms with Crippen molar-refractivity contribution in [3.8, 4) is 12.3 Å². The lowest BCUT2D eigenvalue weighted by Crippen LogP contribution is -2.33. The van der Waals surface area contributed by atoms with Gasteiger partial charge in [-0.2, -0.15) is 5.48 Å². The van der Waals surface area contributed by atoms with E-state index >= 15 is 0 Å². The van der Waals surface area contributed by atoms with Gasteiger partial charge in [0.15, 0.2) is 0 Å². The molecule has 0 saturated carbocycles. The fraction of sp³-hybridized carbons (Fsp3) is 0.750. The number of ether oxygens (including phenoxy) is 3. The number of hydrogen-bond donors (Lipinski definition) is 1. The van der Waals surface area contributed by atoms with Gasteiger partial charge in [0.2, 0.25) is 0 Å². The summed E-state index contributed by atoms with van der Waals surface area (Å²) >= 11 is 0. The van der Waals surface area contributed by atoms with Crippen LogP contribution >= 0.6 is 0 Å². The first-order chi connectivity index (χ1) is 8.45. The van der Waals surface area contributed by atoms with Crippen molar-refractivity contribution in [1.29, 1.82) is 0 Å². The van der Waals surface area contributed by atoms with Crippen LogP contribution in [0.1, 0.15) is 20.8 Å². The number of hydrogen-bond acceptors (Lipinski definition) is 5. The predicted molar refractivity (Wildman–Crippen MR) is 65.8 cm³/mol. The molecule has 1 amide bonds. The molecule has 0 aliphatic carbocycles. The minimum Gasteiger partial charge on any atom is -0.442 e. The molecule has 0 unspecified atom stereocenters. The first-order valence-corrected chi connectivity index (χ1v) is 5.65. The summed E-state index contributed by atoms with van der Waals surface area (Å²) in [4.78, 5) is 16.0. The molecule has 0 saturated heterocycles. The molecule has 0 heterocycles. The molecule has 6 nitrogen and oxygen atoms in total. The lowest BCUT2D eigenvalue weighted by Gasteiger charge is -2.19. The van der Waals surface area contributed by atoms with Crippen LogP contribution < -0.4 is 5.48 Å². The van der Waals surface area contributed by atoms with E-state index in [1.807, 2.05) is 0 Å². The summed E-state index contributed by atoms with van der Waals surface area (Å²) in [5, 5.41) is 0. The van der Waals surface area contributed by atoms with Crippen molar-refractivity contribution in [3.05, 3.63) is 0 Å². The van der Waals surface area contributed by atoms with E-state index in [1.165, 1.54) is 0 Å². The Bertz CT molecular complexity index is 267. The van der Waals surface area contributed by atoms with Crippen LogP contribution in [0.3, 0.4) is 0 Å². The molecule has 0 radical (unpaired) electrons. The summed E-state index contributed by atoms with van der Waals surface area (Å²) in [6.45, 7) is 7.02. The Morgan fingerprint density at radius 2 is 1.78 bits per heavy atom. The van der Waals surface area contributed by atoms with Crippen LogP contribution in [0, 0.1) is 12.3 Å². The minimum absolute atomic E-state index is 0.231.